The van der Waals surface area contributed by atoms with Crippen LogP contribution >= 0.6 is 0 Å². The number of hydrogen-bond donors (Lipinski definition) is 1. The smallest absolute Gasteiger partial charge is 0.305 e. The number of carbonyl (C=O) groups is 2. The number of aliphatic hydroxyl groups excluding tert-OH is 1. The average molecular weight is 595 g/mol. The highest BCUT2D eigenvalue weighted by atomic mass is 16.6. The minimum atomic E-state index is -0.958. The Morgan fingerprint density at radius 3 is 1.12 bits per heavy atom. The highest BCUT2D eigenvalue weighted by molar-refractivity contribution is 5.69. The van der Waals surface area contributed by atoms with Gasteiger partial charge in [0.1, 0.15) is 19.3 Å². The van der Waals surface area contributed by atoms with Gasteiger partial charge in [0.25, 0.3) is 0 Å². The van der Waals surface area contributed by atoms with Crippen molar-refractivity contribution in [1.29, 1.82) is 0 Å². The molecule has 248 valence electrons. The number of unbranched alkanes of at least 4 members (excludes halogenated alkanes) is 23. The first-order chi connectivity index (χ1) is 20.6. The maximum absolute atomic E-state index is 11.9. The van der Waals surface area contributed by atoms with E-state index < -0.39 is 6.10 Å². The first-order valence-electron chi connectivity index (χ1n) is 18.2. The summed E-state index contributed by atoms with van der Waals surface area (Å²) < 4.78 is 10.3. The van der Waals surface area contributed by atoms with Gasteiger partial charge >= 0.3 is 11.9 Å². The molecular formula is C37H70O5. The lowest BCUT2D eigenvalue weighted by Crippen LogP contribution is -2.25. The van der Waals surface area contributed by atoms with Crippen LogP contribution in [0.1, 0.15) is 194 Å². The van der Waals surface area contributed by atoms with Crippen LogP contribution in [0, 0.1) is 0 Å². The Bertz CT molecular complexity index is 603. The molecule has 0 fully saturated rings. The van der Waals surface area contributed by atoms with Gasteiger partial charge in [-0.25, -0.2) is 0 Å². The molecule has 0 radical (unpaired) electrons. The summed E-state index contributed by atoms with van der Waals surface area (Å²) in [5, 5.41) is 9.98. The summed E-state index contributed by atoms with van der Waals surface area (Å²) in [7, 11) is 0. The lowest BCUT2D eigenvalue weighted by molar-refractivity contribution is -0.152. The van der Waals surface area contributed by atoms with Crippen LogP contribution in [-0.4, -0.2) is 36.4 Å². The molecule has 0 aliphatic carbocycles. The van der Waals surface area contributed by atoms with E-state index in [0.29, 0.717) is 12.8 Å². The Kier molecular flexibility index (Phi) is 33.0. The molecule has 1 N–H and O–H groups in total. The fourth-order valence-electron chi connectivity index (χ4n) is 5.20. The third-order valence-electron chi connectivity index (χ3n) is 8.00. The van der Waals surface area contributed by atoms with Crippen LogP contribution in [-0.2, 0) is 19.1 Å². The highest BCUT2D eigenvalue weighted by Gasteiger charge is 2.12. The zero-order chi connectivity index (χ0) is 30.8. The van der Waals surface area contributed by atoms with Crippen molar-refractivity contribution in [3.8, 4) is 0 Å². The second-order valence-corrected chi connectivity index (χ2v) is 12.3. The Morgan fingerprint density at radius 1 is 0.476 bits per heavy atom. The monoisotopic (exact) mass is 595 g/mol. The number of carbonyl (C=O) groups excluding carboxylic acids is 2. The van der Waals surface area contributed by atoms with Crippen molar-refractivity contribution in [3.63, 3.8) is 0 Å². The van der Waals surface area contributed by atoms with Gasteiger partial charge in [-0.05, 0) is 38.5 Å². The summed E-state index contributed by atoms with van der Waals surface area (Å²) in [6.45, 7) is 4.29. The largest absolute Gasteiger partial charge is 0.463 e. The molecule has 1 atom stereocenters. The van der Waals surface area contributed by atoms with Gasteiger partial charge < -0.3 is 14.6 Å². The maximum atomic E-state index is 11.9. The zero-order valence-electron chi connectivity index (χ0n) is 28.0. The predicted molar refractivity (Wildman–Crippen MR) is 178 cm³/mol. The summed E-state index contributed by atoms with van der Waals surface area (Å²) in [6.07, 6.45) is 36.8. The fourth-order valence-corrected chi connectivity index (χ4v) is 5.20. The molecule has 5 heteroatoms. The third kappa shape index (κ3) is 33.1. The van der Waals surface area contributed by atoms with E-state index in [-0.39, 0.29) is 25.2 Å². The van der Waals surface area contributed by atoms with Crippen molar-refractivity contribution in [1.82, 2.24) is 0 Å². The van der Waals surface area contributed by atoms with Crippen LogP contribution < -0.4 is 0 Å². The van der Waals surface area contributed by atoms with E-state index in [4.69, 9.17) is 9.47 Å². The van der Waals surface area contributed by atoms with Crippen LogP contribution in [0.3, 0.4) is 0 Å². The normalized spacial score (nSPS) is 12.2. The Balaban J connectivity index is 3.42. The molecule has 0 spiro atoms. The predicted octanol–water partition coefficient (Wildman–Crippen LogP) is 11.0. The van der Waals surface area contributed by atoms with Crippen LogP contribution in [0.5, 0.6) is 0 Å². The molecule has 0 heterocycles. The second-order valence-electron chi connectivity index (χ2n) is 12.3. The molecule has 0 amide bonds. The van der Waals surface area contributed by atoms with Gasteiger partial charge in [0.05, 0.1) is 0 Å². The summed E-state index contributed by atoms with van der Waals surface area (Å²) in [5.41, 5.74) is 0. The van der Waals surface area contributed by atoms with Gasteiger partial charge in [-0.15, -0.1) is 0 Å². The van der Waals surface area contributed by atoms with Crippen LogP contribution in [0.2, 0.25) is 0 Å². The van der Waals surface area contributed by atoms with Crippen molar-refractivity contribution in [2.45, 2.75) is 200 Å². The lowest BCUT2D eigenvalue weighted by atomic mass is 10.0. The van der Waals surface area contributed by atoms with Crippen molar-refractivity contribution in [3.05, 3.63) is 12.2 Å². The molecule has 0 aromatic heterocycles. The van der Waals surface area contributed by atoms with Crippen LogP contribution in [0.15, 0.2) is 12.2 Å². The van der Waals surface area contributed by atoms with Crippen molar-refractivity contribution in [2.24, 2.45) is 0 Å². The van der Waals surface area contributed by atoms with E-state index in [1.54, 1.807) is 0 Å². The van der Waals surface area contributed by atoms with Gasteiger partial charge in [0.15, 0.2) is 0 Å². The quantitative estimate of drug-likeness (QED) is 0.0465. The summed E-state index contributed by atoms with van der Waals surface area (Å²) in [5.74, 6) is -0.563. The standard InChI is InChI=1S/C37H70O5/c1-3-5-7-9-11-13-15-17-18-20-22-24-26-28-30-32-37(40)42-34-35(38)33-41-36(39)31-29-27-25-23-21-19-16-14-12-10-8-6-4-2/h13,15,35,38H,3-12,14,16-34H2,1-2H3/b15-13-/t35-/m1/s1. The number of aliphatic hydroxyl groups is 1. The van der Waals surface area contributed by atoms with Gasteiger partial charge in [-0.3, -0.25) is 9.59 Å². The number of esters is 2. The molecule has 0 aliphatic heterocycles. The van der Waals surface area contributed by atoms with Gasteiger partial charge in [-0.2, -0.15) is 0 Å². The number of ether oxygens (including phenoxy) is 2. The van der Waals surface area contributed by atoms with E-state index in [1.165, 1.54) is 135 Å². The molecule has 0 unspecified atom stereocenters. The van der Waals surface area contributed by atoms with Gasteiger partial charge in [0, 0.05) is 12.8 Å². The van der Waals surface area contributed by atoms with Crippen molar-refractivity contribution < 1.29 is 24.2 Å². The van der Waals surface area contributed by atoms with Gasteiger partial charge in [-0.1, -0.05) is 154 Å². The topological polar surface area (TPSA) is 72.8 Å². The van der Waals surface area contributed by atoms with E-state index in [1.807, 2.05) is 0 Å². The highest BCUT2D eigenvalue weighted by Crippen LogP contribution is 2.14. The molecule has 0 saturated carbocycles. The SMILES string of the molecule is CCCCCC/C=C\CCCCCCCCCC(=O)OC[C@H](O)COC(=O)CCCCCCCCCCCCCCC. The molecule has 42 heavy (non-hydrogen) atoms. The number of rotatable bonds is 33. The molecule has 0 aliphatic rings. The fraction of sp³-hybridized carbons (Fsp3) is 0.892. The zero-order valence-corrected chi connectivity index (χ0v) is 28.0. The van der Waals surface area contributed by atoms with Crippen LogP contribution in [0.25, 0.3) is 0 Å². The molecule has 0 aromatic rings. The minimum Gasteiger partial charge on any atom is -0.463 e. The molecule has 0 saturated heterocycles. The first-order valence-corrected chi connectivity index (χ1v) is 18.2. The maximum Gasteiger partial charge on any atom is 0.305 e. The van der Waals surface area contributed by atoms with Gasteiger partial charge in [0.2, 0.25) is 0 Å². The Labute approximate surface area is 261 Å². The van der Waals surface area contributed by atoms with Crippen LogP contribution in [0.4, 0.5) is 0 Å². The second kappa shape index (κ2) is 34.1. The van der Waals surface area contributed by atoms with E-state index in [9.17, 15) is 14.7 Å². The van der Waals surface area contributed by atoms with E-state index >= 15 is 0 Å². The lowest BCUT2D eigenvalue weighted by Gasteiger charge is -2.12. The van der Waals surface area contributed by atoms with Crippen molar-refractivity contribution in [2.75, 3.05) is 13.2 Å². The average Bonchev–Trinajstić information content (AvgIpc) is 2.99. The molecule has 0 bridgehead atoms. The minimum absolute atomic E-state index is 0.112. The number of allylic oxidation sites excluding steroid dienone is 2. The first kappa shape index (κ1) is 40.6. The summed E-state index contributed by atoms with van der Waals surface area (Å²) >= 11 is 0. The van der Waals surface area contributed by atoms with Crippen molar-refractivity contribution >= 4 is 11.9 Å². The molecule has 5 nitrogen and oxygen atoms in total. The summed E-state index contributed by atoms with van der Waals surface area (Å²) in [4.78, 5) is 23.8. The Hall–Kier alpha value is -1.36. The van der Waals surface area contributed by atoms with E-state index in [0.717, 1.165) is 32.1 Å². The molecule has 0 rings (SSSR count). The summed E-state index contributed by atoms with van der Waals surface area (Å²) in [6, 6.07) is 0. The number of hydrogen-bond acceptors (Lipinski definition) is 5. The Morgan fingerprint density at radius 2 is 0.762 bits per heavy atom. The third-order valence-corrected chi connectivity index (χ3v) is 8.00. The molecular weight excluding hydrogens is 524 g/mol. The van der Waals surface area contributed by atoms with E-state index in [2.05, 4.69) is 26.0 Å². The molecule has 0 aromatic carbocycles.